The second-order valence-corrected chi connectivity index (χ2v) is 4.16. The average Bonchev–Trinajstić information content (AvgIpc) is 2.47. The summed E-state index contributed by atoms with van der Waals surface area (Å²) in [4.78, 5) is 33.4. The number of carboxylic acid groups (broad SMARTS) is 1. The zero-order valence-electron chi connectivity index (χ0n) is 12.0. The Kier molecular flexibility index (Phi) is 6.62. The van der Waals surface area contributed by atoms with E-state index in [4.69, 9.17) is 19.3 Å². The first-order chi connectivity index (χ1) is 10.5. The summed E-state index contributed by atoms with van der Waals surface area (Å²) in [5.74, 6) is -1.69. The predicted octanol–water partition coefficient (Wildman–Crippen LogP) is 2.76. The van der Waals surface area contributed by atoms with Gasteiger partial charge in [-0.3, -0.25) is 0 Å². The van der Waals surface area contributed by atoms with E-state index in [1.807, 2.05) is 6.92 Å². The molecule has 1 unspecified atom stereocenters. The highest BCUT2D eigenvalue weighted by Crippen LogP contribution is 2.14. The van der Waals surface area contributed by atoms with E-state index < -0.39 is 24.4 Å². The summed E-state index contributed by atoms with van der Waals surface area (Å²) in [6.07, 6.45) is -0.232. The van der Waals surface area contributed by atoms with Crippen molar-refractivity contribution in [3.8, 4) is 5.75 Å². The molecule has 7 nitrogen and oxygen atoms in total. The van der Waals surface area contributed by atoms with Crippen molar-refractivity contribution in [2.45, 2.75) is 26.1 Å². The zero-order valence-corrected chi connectivity index (χ0v) is 12.0. The summed E-state index contributed by atoms with van der Waals surface area (Å²) in [7, 11) is 0. The number of esters is 1. The smallest absolute Gasteiger partial charge is 0.478 e. The SMILES string of the molecule is C=CC(=O)OC(CCC)OC(=O)Oc1ccc(C(=O)O)cc1. The van der Waals surface area contributed by atoms with Crippen LogP contribution >= 0.6 is 0 Å². The van der Waals surface area contributed by atoms with Crippen molar-refractivity contribution in [2.75, 3.05) is 0 Å². The van der Waals surface area contributed by atoms with Gasteiger partial charge in [0, 0.05) is 12.5 Å². The van der Waals surface area contributed by atoms with E-state index in [0.29, 0.717) is 12.8 Å². The molecule has 1 atom stereocenters. The third-order valence-electron chi connectivity index (χ3n) is 2.47. The van der Waals surface area contributed by atoms with E-state index in [2.05, 4.69) is 6.58 Å². The number of benzene rings is 1. The van der Waals surface area contributed by atoms with E-state index >= 15 is 0 Å². The Hall–Kier alpha value is -2.83. The van der Waals surface area contributed by atoms with Gasteiger partial charge in [0.1, 0.15) is 5.75 Å². The van der Waals surface area contributed by atoms with Crippen molar-refractivity contribution in [3.63, 3.8) is 0 Å². The van der Waals surface area contributed by atoms with Crippen molar-refractivity contribution >= 4 is 18.1 Å². The molecule has 22 heavy (non-hydrogen) atoms. The number of carboxylic acids is 1. The fourth-order valence-corrected chi connectivity index (χ4v) is 1.45. The lowest BCUT2D eigenvalue weighted by molar-refractivity contribution is -0.164. The third-order valence-corrected chi connectivity index (χ3v) is 2.47. The standard InChI is InChI=1S/C15H16O7/c1-3-5-13(21-12(16)4-2)22-15(19)20-11-8-6-10(7-9-11)14(17)18/h4,6-9,13H,2-3,5H2,1H3,(H,17,18). The molecule has 0 aromatic heterocycles. The van der Waals surface area contributed by atoms with Crippen LogP contribution in [0.4, 0.5) is 4.79 Å². The predicted molar refractivity (Wildman–Crippen MR) is 75.5 cm³/mol. The van der Waals surface area contributed by atoms with Crippen LogP contribution in [0.15, 0.2) is 36.9 Å². The number of carbonyl (C=O) groups is 3. The van der Waals surface area contributed by atoms with Gasteiger partial charge in [-0.15, -0.1) is 0 Å². The lowest BCUT2D eigenvalue weighted by Crippen LogP contribution is -2.25. The number of rotatable bonds is 7. The molecule has 1 aromatic carbocycles. The molecule has 1 rings (SSSR count). The van der Waals surface area contributed by atoms with Crippen LogP contribution in [-0.2, 0) is 14.3 Å². The minimum absolute atomic E-state index is 0.0597. The topological polar surface area (TPSA) is 99.1 Å². The van der Waals surface area contributed by atoms with Crippen LogP contribution in [-0.4, -0.2) is 29.5 Å². The molecular weight excluding hydrogens is 292 g/mol. The molecule has 1 aromatic rings. The van der Waals surface area contributed by atoms with Crippen LogP contribution in [0.5, 0.6) is 5.75 Å². The maximum atomic E-state index is 11.6. The Morgan fingerprint density at radius 3 is 2.36 bits per heavy atom. The molecule has 0 amide bonds. The first kappa shape index (κ1) is 17.2. The van der Waals surface area contributed by atoms with Crippen LogP contribution in [0.3, 0.4) is 0 Å². The molecule has 0 aliphatic heterocycles. The Morgan fingerprint density at radius 1 is 1.23 bits per heavy atom. The van der Waals surface area contributed by atoms with Crippen molar-refractivity contribution in [1.82, 2.24) is 0 Å². The average molecular weight is 308 g/mol. The fraction of sp³-hybridized carbons (Fsp3) is 0.267. The molecule has 0 saturated heterocycles. The molecule has 0 bridgehead atoms. The maximum absolute atomic E-state index is 11.6. The van der Waals surface area contributed by atoms with E-state index in [9.17, 15) is 14.4 Å². The second-order valence-electron chi connectivity index (χ2n) is 4.16. The van der Waals surface area contributed by atoms with Gasteiger partial charge < -0.3 is 19.3 Å². The molecule has 0 radical (unpaired) electrons. The number of carbonyl (C=O) groups excluding carboxylic acids is 2. The molecule has 7 heteroatoms. The molecular formula is C15H16O7. The second kappa shape index (κ2) is 8.46. The highest BCUT2D eigenvalue weighted by molar-refractivity contribution is 5.87. The minimum Gasteiger partial charge on any atom is -0.478 e. The van der Waals surface area contributed by atoms with Crippen molar-refractivity contribution in [3.05, 3.63) is 42.5 Å². The Balaban J connectivity index is 2.60. The van der Waals surface area contributed by atoms with Gasteiger partial charge in [-0.2, -0.15) is 0 Å². The van der Waals surface area contributed by atoms with Crippen molar-refractivity contribution < 1.29 is 33.7 Å². The molecule has 118 valence electrons. The van der Waals surface area contributed by atoms with Crippen molar-refractivity contribution in [1.29, 1.82) is 0 Å². The van der Waals surface area contributed by atoms with E-state index in [-0.39, 0.29) is 11.3 Å². The minimum atomic E-state index is -1.09. The van der Waals surface area contributed by atoms with Crippen LogP contribution in [0.1, 0.15) is 30.1 Å². The first-order valence-corrected chi connectivity index (χ1v) is 6.51. The molecule has 0 spiro atoms. The number of ether oxygens (including phenoxy) is 3. The Morgan fingerprint density at radius 2 is 1.86 bits per heavy atom. The quantitative estimate of drug-likeness (QED) is 0.358. The molecule has 0 aliphatic rings. The molecule has 0 heterocycles. The first-order valence-electron chi connectivity index (χ1n) is 6.51. The number of aromatic carboxylic acids is 1. The molecule has 0 saturated carbocycles. The van der Waals surface area contributed by atoms with Gasteiger partial charge in [0.25, 0.3) is 6.29 Å². The van der Waals surface area contributed by atoms with Gasteiger partial charge in [-0.1, -0.05) is 13.5 Å². The van der Waals surface area contributed by atoms with Crippen LogP contribution < -0.4 is 4.74 Å². The number of hydrogen-bond donors (Lipinski definition) is 1. The zero-order chi connectivity index (χ0) is 16.5. The summed E-state index contributed by atoms with van der Waals surface area (Å²) < 4.78 is 14.6. The summed E-state index contributed by atoms with van der Waals surface area (Å²) in [6.45, 7) is 5.08. The summed E-state index contributed by atoms with van der Waals surface area (Å²) in [6, 6.07) is 5.20. The lowest BCUT2D eigenvalue weighted by atomic mass is 10.2. The van der Waals surface area contributed by atoms with Gasteiger partial charge in [-0.05, 0) is 30.7 Å². The monoisotopic (exact) mass is 308 g/mol. The van der Waals surface area contributed by atoms with Gasteiger partial charge in [-0.25, -0.2) is 14.4 Å². The summed E-state index contributed by atoms with van der Waals surface area (Å²) in [5.41, 5.74) is 0.0597. The van der Waals surface area contributed by atoms with E-state index in [1.165, 1.54) is 24.3 Å². The highest BCUT2D eigenvalue weighted by Gasteiger charge is 2.18. The van der Waals surface area contributed by atoms with E-state index in [1.54, 1.807) is 0 Å². The normalized spacial score (nSPS) is 11.1. The Bertz CT molecular complexity index is 548. The van der Waals surface area contributed by atoms with E-state index in [0.717, 1.165) is 6.08 Å². The molecule has 1 N–H and O–H groups in total. The van der Waals surface area contributed by atoms with Crippen LogP contribution in [0.2, 0.25) is 0 Å². The molecule has 0 aliphatic carbocycles. The highest BCUT2D eigenvalue weighted by atomic mass is 16.8. The summed E-state index contributed by atoms with van der Waals surface area (Å²) in [5, 5.41) is 8.75. The summed E-state index contributed by atoms with van der Waals surface area (Å²) >= 11 is 0. The van der Waals surface area contributed by atoms with Gasteiger partial charge >= 0.3 is 18.1 Å². The largest absolute Gasteiger partial charge is 0.516 e. The fourth-order valence-electron chi connectivity index (χ4n) is 1.45. The van der Waals surface area contributed by atoms with Crippen molar-refractivity contribution in [2.24, 2.45) is 0 Å². The van der Waals surface area contributed by atoms with Gasteiger partial charge in [0.15, 0.2) is 0 Å². The van der Waals surface area contributed by atoms with Crippen LogP contribution in [0.25, 0.3) is 0 Å². The maximum Gasteiger partial charge on any atom is 0.516 e. The lowest BCUT2D eigenvalue weighted by Gasteiger charge is -2.16. The Labute approximate surface area is 127 Å². The van der Waals surface area contributed by atoms with Crippen LogP contribution in [0, 0.1) is 0 Å². The molecule has 0 fully saturated rings. The number of hydrogen-bond acceptors (Lipinski definition) is 6. The van der Waals surface area contributed by atoms with Gasteiger partial charge in [0.05, 0.1) is 5.56 Å². The van der Waals surface area contributed by atoms with Gasteiger partial charge in [0.2, 0.25) is 0 Å². The third kappa shape index (κ3) is 5.66.